The fourth-order valence-electron chi connectivity index (χ4n) is 3.12. The SMILES string of the molecule is CC1CCC(CN2C(=O)CCc3cc(C(=O)O)ccc32)O1. The van der Waals surface area contributed by atoms with E-state index in [1.165, 1.54) is 0 Å². The van der Waals surface area contributed by atoms with Gasteiger partial charge in [-0.15, -0.1) is 0 Å². The number of carbonyl (C=O) groups excluding carboxylic acids is 1. The fourth-order valence-corrected chi connectivity index (χ4v) is 3.12. The molecule has 5 nitrogen and oxygen atoms in total. The normalized spacial score (nSPS) is 25.0. The van der Waals surface area contributed by atoms with Crippen LogP contribution < -0.4 is 4.90 Å². The van der Waals surface area contributed by atoms with Crippen LogP contribution in [-0.4, -0.2) is 35.7 Å². The molecule has 1 aromatic carbocycles. The first kappa shape index (κ1) is 14.1. The topological polar surface area (TPSA) is 66.8 Å². The zero-order valence-corrected chi connectivity index (χ0v) is 12.0. The highest BCUT2D eigenvalue weighted by Gasteiger charge is 2.30. The van der Waals surface area contributed by atoms with Crippen molar-refractivity contribution in [3.05, 3.63) is 29.3 Å². The number of benzene rings is 1. The highest BCUT2D eigenvalue weighted by atomic mass is 16.5. The van der Waals surface area contributed by atoms with Crippen LogP contribution in [0.1, 0.15) is 42.1 Å². The van der Waals surface area contributed by atoms with Gasteiger partial charge in [-0.25, -0.2) is 4.79 Å². The third-order valence-corrected chi connectivity index (χ3v) is 4.23. The van der Waals surface area contributed by atoms with Crippen molar-refractivity contribution in [3.8, 4) is 0 Å². The minimum Gasteiger partial charge on any atom is -0.478 e. The van der Waals surface area contributed by atoms with Crippen molar-refractivity contribution in [2.75, 3.05) is 11.4 Å². The van der Waals surface area contributed by atoms with Crippen LogP contribution in [0.25, 0.3) is 0 Å². The lowest BCUT2D eigenvalue weighted by molar-refractivity contribution is -0.119. The van der Waals surface area contributed by atoms with Crippen LogP contribution in [0, 0.1) is 0 Å². The molecule has 0 radical (unpaired) electrons. The van der Waals surface area contributed by atoms with Gasteiger partial charge >= 0.3 is 5.97 Å². The summed E-state index contributed by atoms with van der Waals surface area (Å²) in [4.78, 5) is 25.0. The lowest BCUT2D eigenvalue weighted by atomic mass is 9.98. The quantitative estimate of drug-likeness (QED) is 0.926. The molecule has 2 aliphatic heterocycles. The summed E-state index contributed by atoms with van der Waals surface area (Å²) in [5.74, 6) is -0.845. The average molecular weight is 289 g/mol. The summed E-state index contributed by atoms with van der Waals surface area (Å²) in [6.45, 7) is 2.60. The molecule has 2 atom stereocenters. The lowest BCUT2D eigenvalue weighted by Crippen LogP contribution is -2.40. The van der Waals surface area contributed by atoms with Gasteiger partial charge in [-0.05, 0) is 49.9 Å². The fraction of sp³-hybridized carbons (Fsp3) is 0.500. The highest BCUT2D eigenvalue weighted by Crippen LogP contribution is 2.31. The summed E-state index contributed by atoms with van der Waals surface area (Å²) in [6.07, 6.45) is 3.36. The Morgan fingerprint density at radius 1 is 1.38 bits per heavy atom. The Labute approximate surface area is 123 Å². The summed E-state index contributed by atoms with van der Waals surface area (Å²) >= 11 is 0. The summed E-state index contributed by atoms with van der Waals surface area (Å²) in [5, 5.41) is 9.06. The van der Waals surface area contributed by atoms with Crippen molar-refractivity contribution in [2.24, 2.45) is 0 Å². The number of ether oxygens (including phenoxy) is 1. The number of aryl methyl sites for hydroxylation is 1. The summed E-state index contributed by atoms with van der Waals surface area (Å²) in [6, 6.07) is 4.98. The number of hydrogen-bond acceptors (Lipinski definition) is 3. The molecule has 1 saturated heterocycles. The number of carboxylic acid groups (broad SMARTS) is 1. The van der Waals surface area contributed by atoms with Gasteiger partial charge in [0.05, 0.1) is 24.3 Å². The van der Waals surface area contributed by atoms with Crippen molar-refractivity contribution >= 4 is 17.6 Å². The first-order valence-corrected chi connectivity index (χ1v) is 7.36. The number of nitrogens with zero attached hydrogens (tertiary/aromatic N) is 1. The van der Waals surface area contributed by atoms with E-state index in [9.17, 15) is 9.59 Å². The van der Waals surface area contributed by atoms with E-state index in [4.69, 9.17) is 9.84 Å². The van der Waals surface area contributed by atoms with Crippen molar-refractivity contribution in [1.29, 1.82) is 0 Å². The summed E-state index contributed by atoms with van der Waals surface area (Å²) < 4.78 is 5.80. The van der Waals surface area contributed by atoms with Gasteiger partial charge in [0.15, 0.2) is 0 Å². The monoisotopic (exact) mass is 289 g/mol. The molecule has 2 heterocycles. The lowest BCUT2D eigenvalue weighted by Gasteiger charge is -2.31. The van der Waals surface area contributed by atoms with E-state index in [1.54, 1.807) is 23.1 Å². The Morgan fingerprint density at radius 3 is 2.86 bits per heavy atom. The molecule has 0 spiro atoms. The smallest absolute Gasteiger partial charge is 0.335 e. The Morgan fingerprint density at radius 2 is 2.19 bits per heavy atom. The maximum atomic E-state index is 12.2. The maximum absolute atomic E-state index is 12.2. The van der Waals surface area contributed by atoms with Gasteiger partial charge in [0.1, 0.15) is 0 Å². The predicted octanol–water partition coefficient (Wildman–Crippen LogP) is 2.23. The van der Waals surface area contributed by atoms with Crippen LogP contribution in [0.2, 0.25) is 0 Å². The van der Waals surface area contributed by atoms with Crippen LogP contribution in [0.4, 0.5) is 5.69 Å². The van der Waals surface area contributed by atoms with Gasteiger partial charge in [-0.1, -0.05) is 0 Å². The van der Waals surface area contributed by atoms with E-state index >= 15 is 0 Å². The molecule has 2 aliphatic rings. The summed E-state index contributed by atoms with van der Waals surface area (Å²) in [7, 11) is 0. The molecule has 0 saturated carbocycles. The molecule has 21 heavy (non-hydrogen) atoms. The second-order valence-corrected chi connectivity index (χ2v) is 5.80. The third-order valence-electron chi connectivity index (χ3n) is 4.23. The van der Waals surface area contributed by atoms with E-state index in [2.05, 4.69) is 0 Å². The Balaban J connectivity index is 1.85. The number of aromatic carboxylic acids is 1. The Hall–Kier alpha value is -1.88. The van der Waals surface area contributed by atoms with Gasteiger partial charge in [0.2, 0.25) is 5.91 Å². The number of amides is 1. The average Bonchev–Trinajstić information content (AvgIpc) is 2.87. The van der Waals surface area contributed by atoms with Gasteiger partial charge in [0, 0.05) is 12.1 Å². The molecule has 3 rings (SSSR count). The second kappa shape index (κ2) is 5.48. The van der Waals surface area contributed by atoms with Crippen LogP contribution in [0.15, 0.2) is 18.2 Å². The van der Waals surface area contributed by atoms with Crippen molar-refractivity contribution in [1.82, 2.24) is 0 Å². The standard InChI is InChI=1S/C16H19NO4/c1-10-2-5-13(21-10)9-17-14-6-3-12(16(19)20)8-11(14)4-7-15(17)18/h3,6,8,10,13H,2,4-5,7,9H2,1H3,(H,19,20). The van der Waals surface area contributed by atoms with Crippen molar-refractivity contribution < 1.29 is 19.4 Å². The van der Waals surface area contributed by atoms with Gasteiger partial charge in [-0.3, -0.25) is 4.79 Å². The molecule has 112 valence electrons. The minimum atomic E-state index is -0.936. The van der Waals surface area contributed by atoms with E-state index in [0.717, 1.165) is 24.1 Å². The molecule has 5 heteroatoms. The van der Waals surface area contributed by atoms with E-state index in [1.807, 2.05) is 6.92 Å². The van der Waals surface area contributed by atoms with Gasteiger partial charge < -0.3 is 14.7 Å². The molecule has 1 N–H and O–H groups in total. The number of hydrogen-bond donors (Lipinski definition) is 1. The maximum Gasteiger partial charge on any atom is 0.335 e. The van der Waals surface area contributed by atoms with Crippen LogP contribution in [0.3, 0.4) is 0 Å². The van der Waals surface area contributed by atoms with Crippen LogP contribution in [-0.2, 0) is 16.0 Å². The van der Waals surface area contributed by atoms with Crippen LogP contribution in [0.5, 0.6) is 0 Å². The van der Waals surface area contributed by atoms with E-state index in [-0.39, 0.29) is 23.7 Å². The first-order chi connectivity index (χ1) is 10.0. The van der Waals surface area contributed by atoms with Crippen LogP contribution >= 0.6 is 0 Å². The zero-order chi connectivity index (χ0) is 15.0. The van der Waals surface area contributed by atoms with Crippen molar-refractivity contribution in [2.45, 2.75) is 44.8 Å². The largest absolute Gasteiger partial charge is 0.478 e. The Bertz CT molecular complexity index is 584. The molecule has 0 aliphatic carbocycles. The van der Waals surface area contributed by atoms with Gasteiger partial charge in [-0.2, -0.15) is 0 Å². The highest BCUT2D eigenvalue weighted by molar-refractivity contribution is 5.97. The molecule has 1 amide bonds. The molecule has 1 fully saturated rings. The molecular formula is C16H19NO4. The van der Waals surface area contributed by atoms with Gasteiger partial charge in [0.25, 0.3) is 0 Å². The first-order valence-electron chi connectivity index (χ1n) is 7.36. The number of carbonyl (C=O) groups is 2. The second-order valence-electron chi connectivity index (χ2n) is 5.80. The molecule has 0 aromatic heterocycles. The zero-order valence-electron chi connectivity index (χ0n) is 12.0. The molecule has 1 aromatic rings. The number of fused-ring (bicyclic) bond motifs is 1. The van der Waals surface area contributed by atoms with E-state index in [0.29, 0.717) is 19.4 Å². The van der Waals surface area contributed by atoms with E-state index < -0.39 is 5.97 Å². The number of rotatable bonds is 3. The number of anilines is 1. The minimum absolute atomic E-state index is 0.0778. The van der Waals surface area contributed by atoms with Crippen molar-refractivity contribution in [3.63, 3.8) is 0 Å². The Kier molecular flexibility index (Phi) is 3.68. The predicted molar refractivity (Wildman–Crippen MR) is 77.6 cm³/mol. The molecular weight excluding hydrogens is 270 g/mol. The number of carboxylic acids is 1. The summed E-state index contributed by atoms with van der Waals surface area (Å²) in [5.41, 5.74) is 2.04. The molecule has 2 unspecified atom stereocenters. The third kappa shape index (κ3) is 2.78. The molecule has 0 bridgehead atoms.